The molecule has 2 atom stereocenters. The maximum Gasteiger partial charge on any atom is 0.248 e. The summed E-state index contributed by atoms with van der Waals surface area (Å²) in [6.07, 6.45) is 5.55. The number of hydrogen-bond donors (Lipinski definition) is 3. The van der Waals surface area contributed by atoms with Crippen molar-refractivity contribution in [1.29, 1.82) is 5.26 Å². The molecular formula is C22H26N4O3. The quantitative estimate of drug-likeness (QED) is 0.535. The number of hydrogen-bond acceptors (Lipinski definition) is 5. The number of piperidine rings is 1. The van der Waals surface area contributed by atoms with E-state index in [9.17, 15) is 9.59 Å². The van der Waals surface area contributed by atoms with Crippen molar-refractivity contribution in [2.75, 3.05) is 19.6 Å². The van der Waals surface area contributed by atoms with Crippen LogP contribution in [0, 0.1) is 29.6 Å². The first kappa shape index (κ1) is 19.6. The van der Waals surface area contributed by atoms with Crippen LogP contribution in [0.4, 0.5) is 0 Å². The molecule has 3 N–H and O–H groups in total. The lowest BCUT2D eigenvalue weighted by atomic mass is 9.81. The number of hydroxylamine groups is 1. The predicted molar refractivity (Wildman–Crippen MR) is 107 cm³/mol. The van der Waals surface area contributed by atoms with Crippen LogP contribution >= 0.6 is 0 Å². The third-order valence-electron chi connectivity index (χ3n) is 6.66. The molecule has 1 spiro atoms. The fraction of sp³-hybridized carbons (Fsp3) is 0.500. The van der Waals surface area contributed by atoms with Crippen LogP contribution < -0.4 is 10.8 Å². The number of aryl methyl sites for hydroxylation is 1. The normalized spacial score (nSPS) is 25.1. The Morgan fingerprint density at radius 2 is 2.17 bits per heavy atom. The van der Waals surface area contributed by atoms with E-state index >= 15 is 0 Å². The summed E-state index contributed by atoms with van der Waals surface area (Å²) in [7, 11) is 0. The highest BCUT2D eigenvalue weighted by Gasteiger charge is 2.52. The largest absolute Gasteiger partial charge is 0.337 e. The van der Waals surface area contributed by atoms with Crippen LogP contribution in [0.2, 0.25) is 0 Å². The van der Waals surface area contributed by atoms with Crippen LogP contribution in [-0.2, 0) is 9.59 Å². The average molecular weight is 394 g/mol. The molecule has 2 fully saturated rings. The van der Waals surface area contributed by atoms with Gasteiger partial charge >= 0.3 is 0 Å². The molecule has 7 heteroatoms. The molecular weight excluding hydrogens is 368 g/mol. The van der Waals surface area contributed by atoms with Crippen LogP contribution in [0.25, 0.3) is 5.57 Å². The van der Waals surface area contributed by atoms with E-state index in [0.29, 0.717) is 25.1 Å². The minimum Gasteiger partial charge on any atom is -0.337 e. The lowest BCUT2D eigenvalue weighted by Gasteiger charge is -2.38. The van der Waals surface area contributed by atoms with E-state index < -0.39 is 17.9 Å². The minimum absolute atomic E-state index is 0.0830. The van der Waals surface area contributed by atoms with Gasteiger partial charge in [-0.3, -0.25) is 14.8 Å². The SMILES string of the molecule is Cc1cc(C2=CCN(C(=O)C3NCC4(CC4)CC3C(=O)NO)CC2)ccc1C#N. The lowest BCUT2D eigenvalue weighted by molar-refractivity contribution is -0.144. The Balaban J connectivity index is 1.46. The van der Waals surface area contributed by atoms with E-state index in [-0.39, 0.29) is 11.3 Å². The summed E-state index contributed by atoms with van der Waals surface area (Å²) in [6.45, 7) is 3.75. The number of amides is 2. The molecule has 1 saturated carbocycles. The van der Waals surface area contributed by atoms with Gasteiger partial charge in [-0.25, -0.2) is 5.48 Å². The number of benzene rings is 1. The number of carbonyl (C=O) groups excluding carboxylic acids is 2. The molecule has 1 aromatic rings. The van der Waals surface area contributed by atoms with E-state index in [1.807, 2.05) is 25.1 Å². The zero-order chi connectivity index (χ0) is 20.6. The van der Waals surface area contributed by atoms with Gasteiger partial charge in [0.15, 0.2) is 0 Å². The van der Waals surface area contributed by atoms with Gasteiger partial charge in [-0.05, 0) is 60.8 Å². The summed E-state index contributed by atoms with van der Waals surface area (Å²) >= 11 is 0. The second kappa shape index (κ2) is 7.62. The molecule has 29 heavy (non-hydrogen) atoms. The van der Waals surface area contributed by atoms with Gasteiger partial charge in [0.05, 0.1) is 23.6 Å². The highest BCUT2D eigenvalue weighted by atomic mass is 16.5. The fourth-order valence-corrected chi connectivity index (χ4v) is 4.59. The van der Waals surface area contributed by atoms with Gasteiger partial charge in [-0.1, -0.05) is 18.2 Å². The molecule has 7 nitrogen and oxygen atoms in total. The fourth-order valence-electron chi connectivity index (χ4n) is 4.59. The smallest absolute Gasteiger partial charge is 0.248 e. The second-order valence-electron chi connectivity index (χ2n) is 8.55. The minimum atomic E-state index is -0.597. The molecule has 152 valence electrons. The molecule has 0 aromatic heterocycles. The van der Waals surface area contributed by atoms with Crippen molar-refractivity contribution >= 4 is 17.4 Å². The zero-order valence-electron chi connectivity index (χ0n) is 16.6. The third-order valence-corrected chi connectivity index (χ3v) is 6.66. The topological polar surface area (TPSA) is 105 Å². The summed E-state index contributed by atoms with van der Waals surface area (Å²) in [4.78, 5) is 27.1. The summed E-state index contributed by atoms with van der Waals surface area (Å²) in [5.74, 6) is -1.11. The number of nitrogens with one attached hydrogen (secondary N) is 2. The molecule has 2 aliphatic heterocycles. The van der Waals surface area contributed by atoms with Crippen LogP contribution in [-0.4, -0.2) is 47.6 Å². The predicted octanol–water partition coefficient (Wildman–Crippen LogP) is 1.75. The molecule has 2 amide bonds. The summed E-state index contributed by atoms with van der Waals surface area (Å²) in [6, 6.07) is 7.39. The molecule has 0 radical (unpaired) electrons. The Kier molecular flexibility index (Phi) is 5.15. The van der Waals surface area contributed by atoms with Crippen molar-refractivity contribution in [3.05, 3.63) is 41.0 Å². The Labute approximate surface area is 170 Å². The molecule has 3 aliphatic rings. The van der Waals surface area contributed by atoms with E-state index in [4.69, 9.17) is 10.5 Å². The first-order valence-electron chi connectivity index (χ1n) is 10.1. The van der Waals surface area contributed by atoms with Gasteiger partial charge in [0, 0.05) is 19.6 Å². The van der Waals surface area contributed by atoms with Gasteiger partial charge in [0.2, 0.25) is 11.8 Å². The van der Waals surface area contributed by atoms with Crippen molar-refractivity contribution in [3.63, 3.8) is 0 Å². The molecule has 0 bridgehead atoms. The Hall–Kier alpha value is -2.69. The molecule has 2 unspecified atom stereocenters. The van der Waals surface area contributed by atoms with Gasteiger partial charge < -0.3 is 10.2 Å². The van der Waals surface area contributed by atoms with Crippen molar-refractivity contribution in [1.82, 2.24) is 15.7 Å². The number of nitrogens with zero attached hydrogens (tertiary/aromatic N) is 2. The monoisotopic (exact) mass is 394 g/mol. The average Bonchev–Trinajstić information content (AvgIpc) is 3.51. The van der Waals surface area contributed by atoms with Crippen LogP contribution in [0.15, 0.2) is 24.3 Å². The third kappa shape index (κ3) is 3.78. The first-order valence-corrected chi connectivity index (χ1v) is 10.1. The van der Waals surface area contributed by atoms with E-state index in [1.54, 1.807) is 10.4 Å². The Morgan fingerprint density at radius 1 is 1.38 bits per heavy atom. The van der Waals surface area contributed by atoms with Crippen LogP contribution in [0.3, 0.4) is 0 Å². The Bertz CT molecular complexity index is 913. The Morgan fingerprint density at radius 3 is 2.76 bits per heavy atom. The van der Waals surface area contributed by atoms with E-state index in [0.717, 1.165) is 36.9 Å². The molecule has 1 saturated heterocycles. The van der Waals surface area contributed by atoms with Crippen LogP contribution in [0.1, 0.15) is 42.4 Å². The second-order valence-corrected chi connectivity index (χ2v) is 8.55. The van der Waals surface area contributed by atoms with Gasteiger partial charge in [-0.15, -0.1) is 0 Å². The van der Waals surface area contributed by atoms with E-state index in [1.165, 1.54) is 5.57 Å². The van der Waals surface area contributed by atoms with Gasteiger partial charge in [-0.2, -0.15) is 5.26 Å². The molecule has 1 aliphatic carbocycles. The lowest BCUT2D eigenvalue weighted by Crippen LogP contribution is -2.59. The van der Waals surface area contributed by atoms with Crippen molar-refractivity contribution < 1.29 is 14.8 Å². The number of nitriles is 1. The van der Waals surface area contributed by atoms with Gasteiger partial charge in [0.25, 0.3) is 0 Å². The first-order chi connectivity index (χ1) is 14.0. The highest BCUT2D eigenvalue weighted by molar-refractivity contribution is 5.90. The number of rotatable bonds is 3. The highest BCUT2D eigenvalue weighted by Crippen LogP contribution is 2.52. The summed E-state index contributed by atoms with van der Waals surface area (Å²) in [5, 5.41) is 21.5. The van der Waals surface area contributed by atoms with Crippen molar-refractivity contribution in [2.45, 2.75) is 38.6 Å². The maximum absolute atomic E-state index is 13.1. The molecule has 1 aromatic carbocycles. The standard InChI is InChI=1S/C22H26N4O3/c1-14-10-16(2-3-17(14)12-23)15-4-8-26(9-5-15)21(28)19-18(20(27)25-29)11-22(6-7-22)13-24-19/h2-4,10,18-19,24,29H,5-9,11,13H2,1H3,(H,25,27). The zero-order valence-corrected chi connectivity index (χ0v) is 16.6. The number of carbonyl (C=O) groups is 2. The van der Waals surface area contributed by atoms with E-state index in [2.05, 4.69) is 17.5 Å². The van der Waals surface area contributed by atoms with Gasteiger partial charge in [0.1, 0.15) is 0 Å². The van der Waals surface area contributed by atoms with Crippen molar-refractivity contribution in [3.8, 4) is 6.07 Å². The summed E-state index contributed by atoms with van der Waals surface area (Å²) < 4.78 is 0. The maximum atomic E-state index is 13.1. The molecule has 4 rings (SSSR count). The summed E-state index contributed by atoms with van der Waals surface area (Å²) in [5.41, 5.74) is 5.74. The molecule has 2 heterocycles. The van der Waals surface area contributed by atoms with Crippen LogP contribution in [0.5, 0.6) is 0 Å². The van der Waals surface area contributed by atoms with Crippen molar-refractivity contribution in [2.24, 2.45) is 11.3 Å².